The van der Waals surface area contributed by atoms with Crippen molar-refractivity contribution < 1.29 is 19.2 Å². The molecule has 0 radical (unpaired) electrons. The van der Waals surface area contributed by atoms with E-state index in [2.05, 4.69) is 21.4 Å². The number of rotatable bonds is 6. The van der Waals surface area contributed by atoms with Crippen molar-refractivity contribution in [2.75, 3.05) is 5.01 Å². The fraction of sp³-hybridized carbons (Fsp3) is 0.0435. The van der Waals surface area contributed by atoms with Crippen LogP contribution in [0.2, 0.25) is 5.02 Å². The molecule has 33 heavy (non-hydrogen) atoms. The maximum absolute atomic E-state index is 12.9. The van der Waals surface area contributed by atoms with E-state index in [0.717, 1.165) is 0 Å². The molecule has 3 aromatic carbocycles. The van der Waals surface area contributed by atoms with Gasteiger partial charge in [-0.2, -0.15) is 0 Å². The summed E-state index contributed by atoms with van der Waals surface area (Å²) >= 11 is 9.60. The van der Waals surface area contributed by atoms with Crippen molar-refractivity contribution in [2.45, 2.75) is 6.61 Å². The van der Waals surface area contributed by atoms with Crippen molar-refractivity contribution in [1.82, 2.24) is 5.43 Å². The van der Waals surface area contributed by atoms with Crippen LogP contribution >= 0.6 is 27.5 Å². The van der Waals surface area contributed by atoms with E-state index in [1.165, 1.54) is 23.2 Å². The molecule has 0 bridgehead atoms. The minimum atomic E-state index is -0.554. The molecule has 4 rings (SSSR count). The van der Waals surface area contributed by atoms with Gasteiger partial charge in [-0.05, 0) is 64.0 Å². The van der Waals surface area contributed by atoms with Crippen LogP contribution in [-0.4, -0.2) is 16.7 Å². The molecule has 0 spiro atoms. The van der Waals surface area contributed by atoms with Gasteiger partial charge < -0.3 is 4.74 Å². The van der Waals surface area contributed by atoms with Gasteiger partial charge in [-0.25, -0.2) is 5.01 Å². The maximum atomic E-state index is 12.9. The molecule has 0 aromatic heterocycles. The zero-order valence-electron chi connectivity index (χ0n) is 16.8. The highest BCUT2D eigenvalue weighted by atomic mass is 79.9. The number of anilines is 1. The van der Waals surface area contributed by atoms with Crippen molar-refractivity contribution in [3.63, 3.8) is 0 Å². The first-order chi connectivity index (χ1) is 15.8. The molecule has 0 unspecified atom stereocenters. The van der Waals surface area contributed by atoms with Gasteiger partial charge in [0.15, 0.2) is 0 Å². The van der Waals surface area contributed by atoms with Crippen LogP contribution in [-0.2, 0) is 16.2 Å². The smallest absolute Gasteiger partial charge is 0.282 e. The van der Waals surface area contributed by atoms with Gasteiger partial charge in [-0.15, -0.1) is 0 Å². The fourth-order valence-corrected chi connectivity index (χ4v) is 4.13. The molecule has 0 atom stereocenters. The number of ether oxygens (including phenoxy) is 1. The Hall–Kier alpha value is -3.69. The second-order valence-corrected chi connectivity index (χ2v) is 8.28. The van der Waals surface area contributed by atoms with E-state index in [1.54, 1.807) is 54.6 Å². The average Bonchev–Trinajstić information content (AvgIpc) is 3.07. The fourth-order valence-electron chi connectivity index (χ4n) is 3.18. The Kier molecular flexibility index (Phi) is 6.43. The Labute approximate surface area is 201 Å². The molecule has 0 aliphatic carbocycles. The lowest BCUT2D eigenvalue weighted by molar-refractivity contribution is -0.384. The zero-order valence-corrected chi connectivity index (χ0v) is 19.2. The molecule has 8 nitrogen and oxygen atoms in total. The van der Waals surface area contributed by atoms with Gasteiger partial charge >= 0.3 is 0 Å². The minimum absolute atomic E-state index is 0.0226. The highest BCUT2D eigenvalue weighted by Gasteiger charge is 2.34. The van der Waals surface area contributed by atoms with Crippen LogP contribution < -0.4 is 15.2 Å². The largest absolute Gasteiger partial charge is 0.487 e. The Morgan fingerprint density at radius 2 is 1.79 bits per heavy atom. The molecule has 1 saturated heterocycles. The number of nitrogens with zero attached hydrogens (tertiary/aromatic N) is 2. The van der Waals surface area contributed by atoms with Crippen LogP contribution in [0.25, 0.3) is 6.08 Å². The number of carbonyl (C=O) groups excluding carboxylic acids is 2. The van der Waals surface area contributed by atoms with E-state index in [4.69, 9.17) is 16.3 Å². The zero-order chi connectivity index (χ0) is 23.5. The van der Waals surface area contributed by atoms with Crippen molar-refractivity contribution >= 4 is 56.8 Å². The van der Waals surface area contributed by atoms with Crippen LogP contribution in [0.15, 0.2) is 76.8 Å². The molecule has 0 saturated carbocycles. The number of benzene rings is 3. The number of hydrogen-bond acceptors (Lipinski definition) is 5. The predicted molar refractivity (Wildman–Crippen MR) is 127 cm³/mol. The second-order valence-electron chi connectivity index (χ2n) is 6.99. The van der Waals surface area contributed by atoms with Crippen LogP contribution in [0.3, 0.4) is 0 Å². The van der Waals surface area contributed by atoms with E-state index in [0.29, 0.717) is 32.1 Å². The topological polar surface area (TPSA) is 102 Å². The van der Waals surface area contributed by atoms with Gasteiger partial charge in [0.25, 0.3) is 17.5 Å². The number of hydrazine groups is 1. The molecule has 1 aliphatic rings. The maximum Gasteiger partial charge on any atom is 0.282 e. The first-order valence-corrected chi connectivity index (χ1v) is 10.8. The van der Waals surface area contributed by atoms with Gasteiger partial charge in [0, 0.05) is 22.7 Å². The summed E-state index contributed by atoms with van der Waals surface area (Å²) in [6.45, 7) is 0.102. The van der Waals surface area contributed by atoms with Crippen molar-refractivity contribution in [3.05, 3.63) is 103 Å². The summed E-state index contributed by atoms with van der Waals surface area (Å²) < 4.78 is 6.45. The number of nitro groups is 1. The quantitative estimate of drug-likeness (QED) is 0.209. The van der Waals surface area contributed by atoms with Crippen LogP contribution in [0.1, 0.15) is 11.1 Å². The summed E-state index contributed by atoms with van der Waals surface area (Å²) in [6, 6.07) is 17.9. The standard InChI is InChI=1S/C23H15BrClN3O5/c24-20-12-16(25)10-15(21(20)33-13-14-6-8-18(9-7-14)28(31)32)11-19-22(29)26-27(23(19)30)17-4-2-1-3-5-17/h1-12H,13H2,(H,26,29)/b19-11-. The van der Waals surface area contributed by atoms with Crippen molar-refractivity contribution in [1.29, 1.82) is 0 Å². The molecule has 1 aliphatic heterocycles. The van der Waals surface area contributed by atoms with Gasteiger partial charge in [-0.1, -0.05) is 29.8 Å². The summed E-state index contributed by atoms with van der Waals surface area (Å²) in [5.41, 5.74) is 4.10. The van der Waals surface area contributed by atoms with Gasteiger partial charge in [0.2, 0.25) is 0 Å². The molecule has 1 N–H and O–H groups in total. The van der Waals surface area contributed by atoms with Gasteiger partial charge in [0.1, 0.15) is 17.9 Å². The molecular weight excluding hydrogens is 514 g/mol. The summed E-state index contributed by atoms with van der Waals surface area (Å²) in [5, 5.41) is 12.4. The average molecular weight is 529 g/mol. The highest BCUT2D eigenvalue weighted by Crippen LogP contribution is 2.35. The lowest BCUT2D eigenvalue weighted by atomic mass is 10.1. The van der Waals surface area contributed by atoms with Crippen LogP contribution in [0.4, 0.5) is 11.4 Å². The Morgan fingerprint density at radius 3 is 2.45 bits per heavy atom. The molecule has 1 fully saturated rings. The van der Waals surface area contributed by atoms with Gasteiger partial charge in [0.05, 0.1) is 15.1 Å². The Bertz CT molecular complexity index is 1280. The predicted octanol–water partition coefficient (Wildman–Crippen LogP) is 5.05. The number of nitrogens with one attached hydrogen (secondary N) is 1. The number of non-ortho nitro benzene ring substituents is 1. The summed E-state index contributed by atoms with van der Waals surface area (Å²) in [7, 11) is 0. The summed E-state index contributed by atoms with van der Waals surface area (Å²) in [4.78, 5) is 35.8. The highest BCUT2D eigenvalue weighted by molar-refractivity contribution is 9.10. The SMILES string of the molecule is O=C1NN(c2ccccc2)C(=O)/C1=C\c1cc(Cl)cc(Br)c1OCc1ccc([N+](=O)[O-])cc1. The van der Waals surface area contributed by atoms with E-state index in [9.17, 15) is 19.7 Å². The number of hydrogen-bond donors (Lipinski definition) is 1. The van der Waals surface area contributed by atoms with Crippen LogP contribution in [0.5, 0.6) is 5.75 Å². The number of nitro benzene ring substituents is 1. The molecule has 1 heterocycles. The third-order valence-electron chi connectivity index (χ3n) is 4.77. The molecule has 166 valence electrons. The number of amides is 2. The second kappa shape index (κ2) is 9.43. The molecule has 2 amide bonds. The van der Waals surface area contributed by atoms with E-state index in [1.807, 2.05) is 0 Å². The first-order valence-electron chi connectivity index (χ1n) is 9.61. The Morgan fingerprint density at radius 1 is 1.09 bits per heavy atom. The minimum Gasteiger partial charge on any atom is -0.487 e. The third kappa shape index (κ3) is 4.89. The lowest BCUT2D eigenvalue weighted by Gasteiger charge is -2.14. The molecule has 3 aromatic rings. The van der Waals surface area contributed by atoms with E-state index < -0.39 is 16.7 Å². The van der Waals surface area contributed by atoms with Crippen molar-refractivity contribution in [3.8, 4) is 5.75 Å². The lowest BCUT2D eigenvalue weighted by Crippen LogP contribution is -2.35. The number of carbonyl (C=O) groups is 2. The van der Waals surface area contributed by atoms with E-state index in [-0.39, 0.29) is 17.9 Å². The van der Waals surface area contributed by atoms with Crippen molar-refractivity contribution in [2.24, 2.45) is 0 Å². The van der Waals surface area contributed by atoms with Gasteiger partial charge in [-0.3, -0.25) is 25.1 Å². The Balaban J connectivity index is 1.62. The van der Waals surface area contributed by atoms with Crippen LogP contribution in [0, 0.1) is 10.1 Å². The number of para-hydroxylation sites is 1. The third-order valence-corrected chi connectivity index (χ3v) is 5.58. The first kappa shape index (κ1) is 22.5. The monoisotopic (exact) mass is 527 g/mol. The normalized spacial score (nSPS) is 14.5. The molecular formula is C23H15BrClN3O5. The summed E-state index contributed by atoms with van der Waals surface area (Å²) in [5.74, 6) is -0.700. The number of halogens is 2. The van der Waals surface area contributed by atoms with E-state index >= 15 is 0 Å². The molecule has 10 heteroatoms. The summed E-state index contributed by atoms with van der Waals surface area (Å²) in [6.07, 6.45) is 1.42.